The fraction of sp³-hybridized carbons (Fsp3) is 0.643. The number of hydrogen-bond donors (Lipinski definition) is 1. The lowest BCUT2D eigenvalue weighted by Gasteiger charge is -2.31. The number of aromatic nitrogens is 1. The van der Waals surface area contributed by atoms with E-state index in [1.807, 2.05) is 6.92 Å². The van der Waals surface area contributed by atoms with Crippen LogP contribution in [0.4, 0.5) is 0 Å². The van der Waals surface area contributed by atoms with Crippen LogP contribution in [0.2, 0.25) is 0 Å². The highest BCUT2D eigenvalue weighted by molar-refractivity contribution is 5.78. The molecular formula is C28H42N4O2. The third-order valence-electron chi connectivity index (χ3n) is 7.53. The maximum atomic E-state index is 12.7. The van der Waals surface area contributed by atoms with E-state index >= 15 is 0 Å². The summed E-state index contributed by atoms with van der Waals surface area (Å²) < 4.78 is 6.02. The summed E-state index contributed by atoms with van der Waals surface area (Å²) in [5, 5.41) is 3.20. The maximum Gasteiger partial charge on any atom is 0.226 e. The lowest BCUT2D eigenvalue weighted by atomic mass is 9.95. The number of hydrogen-bond acceptors (Lipinski definition) is 5. The molecule has 3 heterocycles. The molecule has 0 bridgehead atoms. The molecule has 1 N–H and O–H groups in total. The highest BCUT2D eigenvalue weighted by Gasteiger charge is 2.26. The Labute approximate surface area is 205 Å². The molecule has 6 heteroatoms. The Morgan fingerprint density at radius 1 is 1.12 bits per heavy atom. The summed E-state index contributed by atoms with van der Waals surface area (Å²) in [4.78, 5) is 22.4. The summed E-state index contributed by atoms with van der Waals surface area (Å²) in [6, 6.07) is 6.36. The minimum atomic E-state index is 0.135. The molecule has 2 aliphatic rings. The SMILES string of the molecule is Cc1ccc(-c2nc(CN3CCC(C(=O)NCCCN4CCC[C@H](C)C4)CC3)c(C)o2)c(C)c1. The highest BCUT2D eigenvalue weighted by Crippen LogP contribution is 2.27. The number of likely N-dealkylation sites (tertiary alicyclic amines) is 2. The van der Waals surface area contributed by atoms with Crippen LogP contribution in [0.1, 0.15) is 61.6 Å². The maximum absolute atomic E-state index is 12.7. The zero-order chi connectivity index (χ0) is 24.1. The van der Waals surface area contributed by atoms with Crippen LogP contribution in [0.15, 0.2) is 22.6 Å². The molecule has 0 saturated carbocycles. The second kappa shape index (κ2) is 11.5. The lowest BCUT2D eigenvalue weighted by Crippen LogP contribution is -2.41. The van der Waals surface area contributed by atoms with Crippen molar-refractivity contribution in [2.24, 2.45) is 11.8 Å². The average molecular weight is 467 g/mol. The van der Waals surface area contributed by atoms with E-state index in [0.29, 0.717) is 5.89 Å². The number of aryl methyl sites for hydroxylation is 3. The van der Waals surface area contributed by atoms with Gasteiger partial charge in [-0.25, -0.2) is 4.98 Å². The number of piperidine rings is 2. The first-order valence-corrected chi connectivity index (χ1v) is 13.2. The normalized spacial score (nSPS) is 20.5. The Morgan fingerprint density at radius 3 is 2.65 bits per heavy atom. The lowest BCUT2D eigenvalue weighted by molar-refractivity contribution is -0.126. The summed E-state index contributed by atoms with van der Waals surface area (Å²) in [7, 11) is 0. The van der Waals surface area contributed by atoms with Crippen molar-refractivity contribution in [1.82, 2.24) is 20.1 Å². The van der Waals surface area contributed by atoms with Gasteiger partial charge in [-0.3, -0.25) is 9.69 Å². The molecule has 4 rings (SSSR count). The van der Waals surface area contributed by atoms with E-state index in [1.54, 1.807) is 0 Å². The zero-order valence-corrected chi connectivity index (χ0v) is 21.5. The monoisotopic (exact) mass is 466 g/mol. The van der Waals surface area contributed by atoms with Crippen LogP contribution in [0.3, 0.4) is 0 Å². The summed E-state index contributed by atoms with van der Waals surface area (Å²) >= 11 is 0. The van der Waals surface area contributed by atoms with Crippen molar-refractivity contribution < 1.29 is 9.21 Å². The van der Waals surface area contributed by atoms with Gasteiger partial charge >= 0.3 is 0 Å². The average Bonchev–Trinajstić information content (AvgIpc) is 3.16. The van der Waals surface area contributed by atoms with Gasteiger partial charge in [-0.2, -0.15) is 0 Å². The van der Waals surface area contributed by atoms with E-state index in [2.05, 4.69) is 54.1 Å². The Bertz CT molecular complexity index is 961. The van der Waals surface area contributed by atoms with Gasteiger partial charge in [0.05, 0.1) is 5.69 Å². The summed E-state index contributed by atoms with van der Waals surface area (Å²) in [6.45, 7) is 15.5. The van der Waals surface area contributed by atoms with Crippen LogP contribution in [0, 0.1) is 32.6 Å². The van der Waals surface area contributed by atoms with Crippen LogP contribution < -0.4 is 5.32 Å². The number of benzene rings is 1. The number of amides is 1. The number of carbonyl (C=O) groups is 1. The molecule has 1 amide bonds. The van der Waals surface area contributed by atoms with E-state index in [-0.39, 0.29) is 11.8 Å². The van der Waals surface area contributed by atoms with E-state index < -0.39 is 0 Å². The smallest absolute Gasteiger partial charge is 0.226 e. The summed E-state index contributed by atoms with van der Waals surface area (Å²) in [6.07, 6.45) is 5.54. The summed E-state index contributed by atoms with van der Waals surface area (Å²) in [5.41, 5.74) is 4.49. The van der Waals surface area contributed by atoms with Crippen LogP contribution in [-0.2, 0) is 11.3 Å². The molecule has 1 aromatic heterocycles. The minimum Gasteiger partial charge on any atom is -0.441 e. The van der Waals surface area contributed by atoms with Crippen LogP contribution >= 0.6 is 0 Å². The second-order valence-electron chi connectivity index (χ2n) is 10.6. The van der Waals surface area contributed by atoms with Gasteiger partial charge in [0.2, 0.25) is 11.8 Å². The topological polar surface area (TPSA) is 61.6 Å². The van der Waals surface area contributed by atoms with Crippen molar-refractivity contribution in [1.29, 1.82) is 0 Å². The first-order valence-electron chi connectivity index (χ1n) is 13.2. The van der Waals surface area contributed by atoms with Crippen molar-refractivity contribution in [2.45, 2.75) is 66.3 Å². The van der Waals surface area contributed by atoms with Crippen molar-refractivity contribution in [3.8, 4) is 11.5 Å². The molecule has 0 radical (unpaired) electrons. The van der Waals surface area contributed by atoms with Crippen molar-refractivity contribution in [3.05, 3.63) is 40.8 Å². The molecule has 0 aliphatic carbocycles. The highest BCUT2D eigenvalue weighted by atomic mass is 16.4. The van der Waals surface area contributed by atoms with E-state index in [1.165, 1.54) is 37.1 Å². The molecule has 34 heavy (non-hydrogen) atoms. The molecule has 0 unspecified atom stereocenters. The number of rotatable bonds is 8. The van der Waals surface area contributed by atoms with E-state index in [9.17, 15) is 4.79 Å². The predicted octanol–water partition coefficient (Wildman–Crippen LogP) is 4.72. The molecule has 6 nitrogen and oxygen atoms in total. The van der Waals surface area contributed by atoms with Gasteiger partial charge in [-0.1, -0.05) is 24.6 Å². The molecular weight excluding hydrogens is 424 g/mol. The Kier molecular flexibility index (Phi) is 8.43. The van der Waals surface area contributed by atoms with Crippen molar-refractivity contribution >= 4 is 5.91 Å². The van der Waals surface area contributed by atoms with Crippen LogP contribution in [0.25, 0.3) is 11.5 Å². The first kappa shape index (κ1) is 24.9. The quantitative estimate of drug-likeness (QED) is 0.571. The van der Waals surface area contributed by atoms with Gasteiger partial charge in [0, 0.05) is 31.1 Å². The standard InChI is InChI=1S/C28H42N4O2/c1-20-8-9-25(22(3)17-20)28-30-26(23(4)34-28)19-32-15-10-24(11-16-32)27(33)29-12-6-14-31-13-5-7-21(2)18-31/h8-9,17,21,24H,5-7,10-16,18-19H2,1-4H3,(H,29,33)/t21-/m0/s1. The molecule has 2 saturated heterocycles. The fourth-order valence-electron chi connectivity index (χ4n) is 5.46. The van der Waals surface area contributed by atoms with Gasteiger partial charge in [-0.05, 0) is 96.6 Å². The molecule has 2 aliphatic heterocycles. The van der Waals surface area contributed by atoms with Crippen molar-refractivity contribution in [2.75, 3.05) is 39.3 Å². The van der Waals surface area contributed by atoms with Gasteiger partial charge in [-0.15, -0.1) is 0 Å². The van der Waals surface area contributed by atoms with Gasteiger partial charge in [0.25, 0.3) is 0 Å². The summed E-state index contributed by atoms with van der Waals surface area (Å²) in [5.74, 6) is 2.78. The number of oxazole rings is 1. The predicted molar refractivity (Wildman–Crippen MR) is 137 cm³/mol. The van der Waals surface area contributed by atoms with E-state index in [4.69, 9.17) is 9.40 Å². The number of nitrogens with one attached hydrogen (secondary N) is 1. The zero-order valence-electron chi connectivity index (χ0n) is 21.5. The minimum absolute atomic E-state index is 0.135. The Morgan fingerprint density at radius 2 is 1.91 bits per heavy atom. The van der Waals surface area contributed by atoms with Crippen LogP contribution in [0.5, 0.6) is 0 Å². The van der Waals surface area contributed by atoms with E-state index in [0.717, 1.165) is 74.9 Å². The fourth-order valence-corrected chi connectivity index (χ4v) is 5.46. The first-order chi connectivity index (χ1) is 16.4. The van der Waals surface area contributed by atoms with Gasteiger partial charge < -0.3 is 14.6 Å². The third kappa shape index (κ3) is 6.48. The molecule has 2 aromatic rings. The van der Waals surface area contributed by atoms with Crippen molar-refractivity contribution in [3.63, 3.8) is 0 Å². The molecule has 186 valence electrons. The largest absolute Gasteiger partial charge is 0.441 e. The van der Waals surface area contributed by atoms with Gasteiger partial charge in [0.1, 0.15) is 5.76 Å². The molecule has 1 aromatic carbocycles. The van der Waals surface area contributed by atoms with Crippen LogP contribution in [-0.4, -0.2) is 60.0 Å². The molecule has 0 spiro atoms. The third-order valence-corrected chi connectivity index (χ3v) is 7.53. The molecule has 1 atom stereocenters. The van der Waals surface area contributed by atoms with Gasteiger partial charge in [0.15, 0.2) is 0 Å². The number of nitrogens with zero attached hydrogens (tertiary/aromatic N) is 3. The Hall–Kier alpha value is -2.18. The molecule has 2 fully saturated rings. The Balaban J connectivity index is 1.20. The number of carbonyl (C=O) groups excluding carboxylic acids is 1. The second-order valence-corrected chi connectivity index (χ2v) is 10.6.